The van der Waals surface area contributed by atoms with Crippen LogP contribution in [0, 0.1) is 17.8 Å². The van der Waals surface area contributed by atoms with Gasteiger partial charge in [0.15, 0.2) is 0 Å². The first-order valence-electron chi connectivity index (χ1n) is 7.40. The van der Waals surface area contributed by atoms with Gasteiger partial charge in [0.1, 0.15) is 0 Å². The zero-order valence-electron chi connectivity index (χ0n) is 12.4. The molecule has 0 aromatic heterocycles. The maximum Gasteiger partial charge on any atom is 0.308 e. The molecule has 0 aliphatic heterocycles. The Hall–Kier alpha value is -0.790. The fourth-order valence-corrected chi connectivity index (χ4v) is 2.45. The van der Waals surface area contributed by atoms with Crippen molar-refractivity contribution in [3.05, 3.63) is 11.6 Å². The lowest BCUT2D eigenvalue weighted by Crippen LogP contribution is -2.15. The Morgan fingerprint density at radius 2 is 2.17 bits per heavy atom. The number of esters is 1. The summed E-state index contributed by atoms with van der Waals surface area (Å²) in [6.45, 7) is 9.21. The summed E-state index contributed by atoms with van der Waals surface area (Å²) in [5, 5.41) is 0. The fourth-order valence-electron chi connectivity index (χ4n) is 2.45. The van der Waals surface area contributed by atoms with Gasteiger partial charge in [-0.25, -0.2) is 0 Å². The standard InChI is InChI=1S/C16H28O2/c1-5-6-9-18-16(17)13(4)10-14-7-8-15(11-14)12(2)3/h11-13,15H,5-10H2,1-4H3. The minimum Gasteiger partial charge on any atom is -0.465 e. The van der Waals surface area contributed by atoms with E-state index < -0.39 is 0 Å². The Balaban J connectivity index is 2.34. The van der Waals surface area contributed by atoms with Crippen LogP contribution in [0.1, 0.15) is 59.8 Å². The molecule has 104 valence electrons. The van der Waals surface area contributed by atoms with Crippen molar-refractivity contribution in [2.75, 3.05) is 6.61 Å². The molecule has 0 saturated heterocycles. The first kappa shape index (κ1) is 15.3. The van der Waals surface area contributed by atoms with Crippen molar-refractivity contribution in [2.24, 2.45) is 17.8 Å². The average molecular weight is 252 g/mol. The number of carbonyl (C=O) groups excluding carboxylic acids is 1. The van der Waals surface area contributed by atoms with Crippen molar-refractivity contribution in [3.63, 3.8) is 0 Å². The maximum absolute atomic E-state index is 11.8. The molecule has 2 nitrogen and oxygen atoms in total. The van der Waals surface area contributed by atoms with E-state index in [-0.39, 0.29) is 11.9 Å². The zero-order valence-corrected chi connectivity index (χ0v) is 12.4. The van der Waals surface area contributed by atoms with Crippen LogP contribution in [0.4, 0.5) is 0 Å². The molecule has 2 unspecified atom stereocenters. The number of allylic oxidation sites excluding steroid dienone is 2. The number of carbonyl (C=O) groups is 1. The van der Waals surface area contributed by atoms with Gasteiger partial charge in [0.25, 0.3) is 0 Å². The van der Waals surface area contributed by atoms with Gasteiger partial charge in [-0.2, -0.15) is 0 Å². The van der Waals surface area contributed by atoms with Crippen molar-refractivity contribution in [1.82, 2.24) is 0 Å². The second-order valence-corrected chi connectivity index (χ2v) is 5.90. The SMILES string of the molecule is CCCCOC(=O)C(C)CC1=CC(C(C)C)CC1. The second-order valence-electron chi connectivity index (χ2n) is 5.90. The summed E-state index contributed by atoms with van der Waals surface area (Å²) in [6, 6.07) is 0. The van der Waals surface area contributed by atoms with Gasteiger partial charge in [-0.1, -0.05) is 45.8 Å². The Kier molecular flexibility index (Phi) is 6.45. The number of ether oxygens (including phenoxy) is 1. The number of hydrogen-bond donors (Lipinski definition) is 0. The lowest BCUT2D eigenvalue weighted by atomic mass is 9.96. The molecule has 1 aliphatic carbocycles. The second kappa shape index (κ2) is 7.60. The van der Waals surface area contributed by atoms with Crippen molar-refractivity contribution in [1.29, 1.82) is 0 Å². The third-order valence-corrected chi connectivity index (χ3v) is 3.82. The van der Waals surface area contributed by atoms with E-state index in [2.05, 4.69) is 26.8 Å². The van der Waals surface area contributed by atoms with Crippen LogP contribution in [0.2, 0.25) is 0 Å². The van der Waals surface area contributed by atoms with E-state index in [0.717, 1.165) is 25.7 Å². The van der Waals surface area contributed by atoms with Crippen molar-refractivity contribution in [2.45, 2.75) is 59.8 Å². The van der Waals surface area contributed by atoms with Crippen LogP contribution in [-0.2, 0) is 9.53 Å². The smallest absolute Gasteiger partial charge is 0.308 e. The molecule has 0 aromatic carbocycles. The number of rotatable bonds is 7. The topological polar surface area (TPSA) is 26.3 Å². The molecule has 1 rings (SSSR count). The van der Waals surface area contributed by atoms with Crippen LogP contribution >= 0.6 is 0 Å². The summed E-state index contributed by atoms with van der Waals surface area (Å²) in [7, 11) is 0. The van der Waals surface area contributed by atoms with Gasteiger partial charge in [-0.3, -0.25) is 4.79 Å². The molecule has 1 aliphatic rings. The van der Waals surface area contributed by atoms with Gasteiger partial charge in [0, 0.05) is 0 Å². The van der Waals surface area contributed by atoms with E-state index >= 15 is 0 Å². The summed E-state index contributed by atoms with van der Waals surface area (Å²) >= 11 is 0. The molecule has 0 spiro atoms. The largest absolute Gasteiger partial charge is 0.465 e. The van der Waals surface area contributed by atoms with Crippen LogP contribution in [0.15, 0.2) is 11.6 Å². The molecule has 0 N–H and O–H groups in total. The van der Waals surface area contributed by atoms with Crippen LogP contribution in [0.3, 0.4) is 0 Å². The Morgan fingerprint density at radius 1 is 1.44 bits per heavy atom. The fraction of sp³-hybridized carbons (Fsp3) is 0.812. The van der Waals surface area contributed by atoms with Gasteiger partial charge >= 0.3 is 5.97 Å². The lowest BCUT2D eigenvalue weighted by molar-refractivity contribution is -0.148. The zero-order chi connectivity index (χ0) is 13.5. The van der Waals surface area contributed by atoms with Crippen LogP contribution in [0.5, 0.6) is 0 Å². The summed E-state index contributed by atoms with van der Waals surface area (Å²) < 4.78 is 5.26. The van der Waals surface area contributed by atoms with Crippen LogP contribution in [-0.4, -0.2) is 12.6 Å². The third kappa shape index (κ3) is 4.83. The van der Waals surface area contributed by atoms with Crippen LogP contribution in [0.25, 0.3) is 0 Å². The first-order chi connectivity index (χ1) is 8.54. The highest BCUT2D eigenvalue weighted by atomic mass is 16.5. The van der Waals surface area contributed by atoms with Crippen molar-refractivity contribution in [3.8, 4) is 0 Å². The molecule has 0 heterocycles. The molecule has 0 radical (unpaired) electrons. The van der Waals surface area contributed by atoms with Crippen molar-refractivity contribution < 1.29 is 9.53 Å². The molecule has 0 saturated carbocycles. The normalized spacial score (nSPS) is 20.9. The van der Waals surface area contributed by atoms with Gasteiger partial charge < -0.3 is 4.74 Å². The predicted octanol–water partition coefficient (Wildman–Crippen LogP) is 4.35. The van der Waals surface area contributed by atoms with E-state index in [4.69, 9.17) is 4.74 Å². The molecule has 18 heavy (non-hydrogen) atoms. The average Bonchev–Trinajstić information content (AvgIpc) is 2.77. The molecule has 0 bridgehead atoms. The highest BCUT2D eigenvalue weighted by Crippen LogP contribution is 2.33. The van der Waals surface area contributed by atoms with E-state index in [1.807, 2.05) is 6.92 Å². The lowest BCUT2D eigenvalue weighted by Gasteiger charge is -2.11. The summed E-state index contributed by atoms with van der Waals surface area (Å²) in [5.41, 5.74) is 1.45. The number of hydrogen-bond acceptors (Lipinski definition) is 2. The Labute approximate surface area is 112 Å². The molecule has 0 fully saturated rings. The van der Waals surface area contributed by atoms with Gasteiger partial charge in [-0.15, -0.1) is 0 Å². The molecule has 2 heteroatoms. The third-order valence-electron chi connectivity index (χ3n) is 3.82. The van der Waals surface area contributed by atoms with E-state index in [0.29, 0.717) is 18.4 Å². The highest BCUT2D eigenvalue weighted by Gasteiger charge is 2.22. The minimum absolute atomic E-state index is 0.0130. The van der Waals surface area contributed by atoms with E-state index in [1.54, 1.807) is 0 Å². The molecule has 0 aromatic rings. The van der Waals surface area contributed by atoms with E-state index in [9.17, 15) is 4.79 Å². The first-order valence-corrected chi connectivity index (χ1v) is 7.40. The summed E-state index contributed by atoms with van der Waals surface area (Å²) in [4.78, 5) is 11.8. The van der Waals surface area contributed by atoms with Crippen LogP contribution < -0.4 is 0 Å². The number of unbranched alkanes of at least 4 members (excludes halogenated alkanes) is 1. The van der Waals surface area contributed by atoms with Gasteiger partial charge in [-0.05, 0) is 37.5 Å². The van der Waals surface area contributed by atoms with Crippen molar-refractivity contribution >= 4 is 5.97 Å². The molecule has 0 amide bonds. The van der Waals surface area contributed by atoms with E-state index in [1.165, 1.54) is 12.0 Å². The molecular formula is C16H28O2. The maximum atomic E-state index is 11.8. The Bertz CT molecular complexity index is 291. The Morgan fingerprint density at radius 3 is 2.72 bits per heavy atom. The molecular weight excluding hydrogens is 224 g/mol. The predicted molar refractivity (Wildman–Crippen MR) is 75.3 cm³/mol. The van der Waals surface area contributed by atoms with Gasteiger partial charge in [0.2, 0.25) is 0 Å². The molecule has 2 atom stereocenters. The monoisotopic (exact) mass is 252 g/mol. The summed E-state index contributed by atoms with van der Waals surface area (Å²) in [5.74, 6) is 1.41. The van der Waals surface area contributed by atoms with Gasteiger partial charge in [0.05, 0.1) is 12.5 Å². The highest BCUT2D eigenvalue weighted by molar-refractivity contribution is 5.72. The quantitative estimate of drug-likeness (QED) is 0.382. The minimum atomic E-state index is -0.0302. The summed E-state index contributed by atoms with van der Waals surface area (Å²) in [6.07, 6.45) is 7.73.